The molecule has 0 spiro atoms. The van der Waals surface area contributed by atoms with Gasteiger partial charge in [0, 0.05) is 18.5 Å². The van der Waals surface area contributed by atoms with Crippen molar-refractivity contribution in [3.63, 3.8) is 0 Å². The number of nitrogen functional groups attached to an aromatic ring is 1. The second-order valence-electron chi connectivity index (χ2n) is 5.37. The zero-order valence-electron chi connectivity index (χ0n) is 11.4. The van der Waals surface area contributed by atoms with E-state index in [2.05, 4.69) is 4.98 Å². The molecule has 0 radical (unpaired) electrons. The molecular weight excluding hydrogens is 277 g/mol. The zero-order chi connectivity index (χ0) is 14.3. The molecule has 2 N–H and O–H groups in total. The molecule has 0 bridgehead atoms. The maximum Gasteiger partial charge on any atom is 0.142 e. The molecule has 0 aliphatic heterocycles. The maximum atomic E-state index is 13.6. The van der Waals surface area contributed by atoms with E-state index in [-0.39, 0.29) is 5.02 Å². The van der Waals surface area contributed by atoms with Gasteiger partial charge in [-0.15, -0.1) is 0 Å². The minimum absolute atomic E-state index is 0.110. The van der Waals surface area contributed by atoms with Gasteiger partial charge < -0.3 is 10.3 Å². The number of nitrogens with zero attached hydrogens (tertiary/aromatic N) is 2. The fourth-order valence-electron chi connectivity index (χ4n) is 2.93. The number of benzene rings is 1. The number of halogens is 2. The first-order valence-electron chi connectivity index (χ1n) is 6.85. The lowest BCUT2D eigenvalue weighted by atomic mass is 10.1. The summed E-state index contributed by atoms with van der Waals surface area (Å²) in [7, 11) is 1.92. The van der Waals surface area contributed by atoms with Crippen LogP contribution in [-0.4, -0.2) is 9.55 Å². The molecule has 3 nitrogen and oxygen atoms in total. The molecule has 1 aliphatic carbocycles. The molecule has 0 amide bonds. The predicted molar refractivity (Wildman–Crippen MR) is 79.2 cm³/mol. The average Bonchev–Trinajstić information content (AvgIpc) is 3.04. The molecule has 1 saturated carbocycles. The highest BCUT2D eigenvalue weighted by Gasteiger charge is 2.24. The summed E-state index contributed by atoms with van der Waals surface area (Å²) in [6, 6.07) is 4.68. The highest BCUT2D eigenvalue weighted by Crippen LogP contribution is 2.37. The lowest BCUT2D eigenvalue weighted by Crippen LogP contribution is -2.05. The van der Waals surface area contributed by atoms with E-state index >= 15 is 0 Å². The Kier molecular flexibility index (Phi) is 3.42. The van der Waals surface area contributed by atoms with E-state index in [1.165, 1.54) is 25.0 Å². The van der Waals surface area contributed by atoms with E-state index in [0.717, 1.165) is 18.7 Å². The second kappa shape index (κ2) is 5.09. The molecule has 1 heterocycles. The molecule has 1 fully saturated rings. The number of imidazole rings is 1. The molecule has 1 aromatic heterocycles. The number of hydrogen-bond donors (Lipinski definition) is 1. The van der Waals surface area contributed by atoms with Crippen LogP contribution in [0.3, 0.4) is 0 Å². The number of aromatic nitrogens is 2. The molecule has 20 heavy (non-hydrogen) atoms. The van der Waals surface area contributed by atoms with Crippen LogP contribution in [0.5, 0.6) is 0 Å². The molecule has 0 atom stereocenters. The summed E-state index contributed by atoms with van der Waals surface area (Å²) in [5, 5.41) is 0.110. The number of hydrogen-bond acceptors (Lipinski definition) is 2. The van der Waals surface area contributed by atoms with E-state index < -0.39 is 5.82 Å². The lowest BCUT2D eigenvalue weighted by molar-refractivity contribution is 0.628. The van der Waals surface area contributed by atoms with Gasteiger partial charge in [0.2, 0.25) is 0 Å². The molecule has 3 rings (SSSR count). The van der Waals surface area contributed by atoms with Crippen molar-refractivity contribution >= 4 is 17.4 Å². The van der Waals surface area contributed by atoms with E-state index in [9.17, 15) is 4.39 Å². The van der Waals surface area contributed by atoms with E-state index in [4.69, 9.17) is 17.3 Å². The highest BCUT2D eigenvalue weighted by molar-refractivity contribution is 6.30. The highest BCUT2D eigenvalue weighted by atomic mass is 35.5. The third kappa shape index (κ3) is 2.18. The van der Waals surface area contributed by atoms with Crippen molar-refractivity contribution in [2.24, 2.45) is 7.05 Å². The summed E-state index contributed by atoms with van der Waals surface area (Å²) >= 11 is 5.72. The Balaban J connectivity index is 2.05. The van der Waals surface area contributed by atoms with Crippen LogP contribution in [0.4, 0.5) is 10.2 Å². The minimum atomic E-state index is -0.448. The van der Waals surface area contributed by atoms with Crippen LogP contribution in [0.25, 0.3) is 11.3 Å². The number of rotatable bonds is 2. The Hall–Kier alpha value is -1.55. The van der Waals surface area contributed by atoms with Crippen molar-refractivity contribution in [2.45, 2.75) is 31.6 Å². The largest absolute Gasteiger partial charge is 0.383 e. The summed E-state index contributed by atoms with van der Waals surface area (Å²) in [4.78, 5) is 4.66. The van der Waals surface area contributed by atoms with Crippen LogP contribution in [0, 0.1) is 5.82 Å². The summed E-state index contributed by atoms with van der Waals surface area (Å²) in [6.45, 7) is 0. The Morgan fingerprint density at radius 1 is 1.35 bits per heavy atom. The first-order valence-corrected chi connectivity index (χ1v) is 7.23. The third-order valence-electron chi connectivity index (χ3n) is 4.09. The SMILES string of the molecule is Cn1c(C2CCCC2)nc(-c2ccc(Cl)c(F)c2)c1N. The minimum Gasteiger partial charge on any atom is -0.383 e. The summed E-state index contributed by atoms with van der Waals surface area (Å²) < 4.78 is 15.5. The van der Waals surface area contributed by atoms with Gasteiger partial charge in [-0.25, -0.2) is 9.37 Å². The number of nitrogens with two attached hydrogens (primary N) is 1. The van der Waals surface area contributed by atoms with Crippen LogP contribution >= 0.6 is 11.6 Å². The van der Waals surface area contributed by atoms with Gasteiger partial charge >= 0.3 is 0 Å². The molecule has 5 heteroatoms. The lowest BCUT2D eigenvalue weighted by Gasteiger charge is -2.08. The molecule has 1 aliphatic rings. The van der Waals surface area contributed by atoms with Crippen molar-refractivity contribution in [1.82, 2.24) is 9.55 Å². The van der Waals surface area contributed by atoms with Gasteiger partial charge in [0.05, 0.1) is 5.02 Å². The maximum absolute atomic E-state index is 13.6. The van der Waals surface area contributed by atoms with Crippen molar-refractivity contribution in [3.05, 3.63) is 34.9 Å². The first-order chi connectivity index (χ1) is 9.58. The van der Waals surface area contributed by atoms with Crippen molar-refractivity contribution in [2.75, 3.05) is 5.73 Å². The molecular formula is C15H17ClFN3. The Morgan fingerprint density at radius 3 is 2.70 bits per heavy atom. The van der Waals surface area contributed by atoms with Gasteiger partial charge in [-0.3, -0.25) is 0 Å². The second-order valence-corrected chi connectivity index (χ2v) is 5.78. The monoisotopic (exact) mass is 293 g/mol. The van der Waals surface area contributed by atoms with Gasteiger partial charge in [0.1, 0.15) is 23.2 Å². The van der Waals surface area contributed by atoms with Crippen LogP contribution in [0.2, 0.25) is 5.02 Å². The van der Waals surface area contributed by atoms with Crippen LogP contribution in [-0.2, 0) is 7.05 Å². The topological polar surface area (TPSA) is 43.8 Å². The van der Waals surface area contributed by atoms with Gasteiger partial charge in [-0.1, -0.05) is 30.5 Å². The standard InChI is InChI=1S/C15H17ClFN3/c1-20-14(18)13(10-6-7-11(16)12(17)8-10)19-15(20)9-4-2-3-5-9/h6-9H,2-5,18H2,1H3. The Labute approximate surface area is 122 Å². The summed E-state index contributed by atoms with van der Waals surface area (Å²) in [5.41, 5.74) is 7.45. The Bertz CT molecular complexity index is 645. The van der Waals surface area contributed by atoms with Crippen molar-refractivity contribution < 1.29 is 4.39 Å². The van der Waals surface area contributed by atoms with E-state index in [0.29, 0.717) is 23.0 Å². The number of anilines is 1. The van der Waals surface area contributed by atoms with Crippen molar-refractivity contribution in [3.8, 4) is 11.3 Å². The molecule has 0 unspecified atom stereocenters. The van der Waals surface area contributed by atoms with E-state index in [1.807, 2.05) is 11.6 Å². The van der Waals surface area contributed by atoms with Crippen LogP contribution < -0.4 is 5.73 Å². The summed E-state index contributed by atoms with van der Waals surface area (Å²) in [5.74, 6) is 1.60. The third-order valence-corrected chi connectivity index (χ3v) is 4.39. The van der Waals surface area contributed by atoms with Gasteiger partial charge in [0.25, 0.3) is 0 Å². The van der Waals surface area contributed by atoms with E-state index in [1.54, 1.807) is 6.07 Å². The van der Waals surface area contributed by atoms with Gasteiger partial charge in [-0.2, -0.15) is 0 Å². The summed E-state index contributed by atoms with van der Waals surface area (Å²) in [6.07, 6.45) is 4.78. The zero-order valence-corrected chi connectivity index (χ0v) is 12.1. The molecule has 0 saturated heterocycles. The average molecular weight is 294 g/mol. The first kappa shape index (κ1) is 13.4. The molecule has 106 valence electrons. The predicted octanol–water partition coefficient (Wildman–Crippen LogP) is 4.12. The fourth-order valence-corrected chi connectivity index (χ4v) is 3.05. The molecule has 2 aromatic rings. The van der Waals surface area contributed by atoms with Crippen molar-refractivity contribution in [1.29, 1.82) is 0 Å². The smallest absolute Gasteiger partial charge is 0.142 e. The Morgan fingerprint density at radius 2 is 2.05 bits per heavy atom. The van der Waals surface area contributed by atoms with Gasteiger partial charge in [-0.05, 0) is 25.0 Å². The van der Waals surface area contributed by atoms with Crippen LogP contribution in [0.15, 0.2) is 18.2 Å². The fraction of sp³-hybridized carbons (Fsp3) is 0.400. The normalized spacial score (nSPS) is 15.9. The van der Waals surface area contributed by atoms with Crippen LogP contribution in [0.1, 0.15) is 37.4 Å². The quantitative estimate of drug-likeness (QED) is 0.905. The molecule has 1 aromatic carbocycles. The van der Waals surface area contributed by atoms with Gasteiger partial charge in [0.15, 0.2) is 0 Å².